The maximum Gasteiger partial charge on any atom is 0.194 e. The minimum Gasteiger partial charge on any atom is -0.476 e. The first kappa shape index (κ1) is 23.4. The Morgan fingerprint density at radius 2 is 1.47 bits per heavy atom. The summed E-state index contributed by atoms with van der Waals surface area (Å²) in [6.07, 6.45) is -0.550. The third kappa shape index (κ3) is 3.01. The number of para-hydroxylation sites is 1. The van der Waals surface area contributed by atoms with Crippen molar-refractivity contribution >= 4 is 15.5 Å². The van der Waals surface area contributed by atoms with E-state index in [1.165, 1.54) is 0 Å². The van der Waals surface area contributed by atoms with E-state index in [-0.39, 0.29) is 18.0 Å². The third-order valence-corrected chi connectivity index (χ3v) is 10.6. The van der Waals surface area contributed by atoms with Crippen molar-refractivity contribution in [3.8, 4) is 5.75 Å². The van der Waals surface area contributed by atoms with Crippen molar-refractivity contribution in [2.75, 3.05) is 13.2 Å². The van der Waals surface area contributed by atoms with E-state index in [1.54, 1.807) is 12.1 Å². The molecule has 4 atom stereocenters. The molecule has 1 spiro atoms. The number of benzene rings is 4. The second kappa shape index (κ2) is 8.38. The van der Waals surface area contributed by atoms with E-state index in [9.17, 15) is 8.42 Å². The van der Waals surface area contributed by atoms with Gasteiger partial charge < -0.3 is 9.47 Å². The highest BCUT2D eigenvalue weighted by Crippen LogP contribution is 2.62. The van der Waals surface area contributed by atoms with E-state index in [1.807, 2.05) is 104 Å². The lowest BCUT2D eigenvalue weighted by Crippen LogP contribution is -2.68. The summed E-state index contributed by atoms with van der Waals surface area (Å²) in [5, 5.41) is -0.896. The predicted molar refractivity (Wildman–Crippen MR) is 147 cm³/mol. The highest BCUT2D eigenvalue weighted by Gasteiger charge is 2.75. The zero-order valence-corrected chi connectivity index (χ0v) is 21.8. The minimum atomic E-state index is -3.84. The van der Waals surface area contributed by atoms with Gasteiger partial charge in [0.25, 0.3) is 0 Å². The second-order valence-electron chi connectivity index (χ2n) is 10.3. The first-order valence-electron chi connectivity index (χ1n) is 12.8. The molecule has 0 aromatic heterocycles. The van der Waals surface area contributed by atoms with E-state index in [0.717, 1.165) is 28.0 Å². The van der Waals surface area contributed by atoms with Gasteiger partial charge in [0.05, 0.1) is 29.2 Å². The Morgan fingerprint density at radius 1 is 0.816 bits per heavy atom. The van der Waals surface area contributed by atoms with Crippen LogP contribution in [0.4, 0.5) is 0 Å². The van der Waals surface area contributed by atoms with Gasteiger partial charge in [0.1, 0.15) is 17.1 Å². The maximum absolute atomic E-state index is 14.5. The van der Waals surface area contributed by atoms with Crippen LogP contribution in [0.5, 0.6) is 5.75 Å². The van der Waals surface area contributed by atoms with Crippen molar-refractivity contribution in [1.29, 1.82) is 0 Å². The molecule has 0 radical (unpaired) electrons. The summed E-state index contributed by atoms with van der Waals surface area (Å²) < 4.78 is 42.8. The Bertz CT molecular complexity index is 1650. The molecule has 0 bridgehead atoms. The highest BCUT2D eigenvalue weighted by atomic mass is 32.2. The zero-order chi connectivity index (χ0) is 26.0. The number of aliphatic imine (C=N–C) groups is 1. The van der Waals surface area contributed by atoms with Crippen molar-refractivity contribution in [3.63, 3.8) is 0 Å². The fourth-order valence-electron chi connectivity index (χ4n) is 6.62. The molecule has 0 saturated carbocycles. The number of hydrogen-bond acceptors (Lipinski definition) is 5. The van der Waals surface area contributed by atoms with Crippen molar-refractivity contribution < 1.29 is 17.9 Å². The first-order valence-corrected chi connectivity index (χ1v) is 14.4. The van der Waals surface area contributed by atoms with Gasteiger partial charge in [-0.1, -0.05) is 90.5 Å². The molecule has 0 unspecified atom stereocenters. The summed E-state index contributed by atoms with van der Waals surface area (Å²) in [4.78, 5) is 5.32. The highest BCUT2D eigenvalue weighted by molar-refractivity contribution is 7.92. The van der Waals surface area contributed by atoms with Crippen molar-refractivity contribution in [2.24, 2.45) is 4.99 Å². The molecule has 0 N–H and O–H groups in total. The van der Waals surface area contributed by atoms with Gasteiger partial charge in [-0.2, -0.15) is 0 Å². The number of fused-ring (bicyclic) bond motifs is 2. The van der Waals surface area contributed by atoms with Crippen LogP contribution >= 0.6 is 0 Å². The first-order chi connectivity index (χ1) is 18.5. The van der Waals surface area contributed by atoms with E-state index in [0.29, 0.717) is 5.75 Å². The summed E-state index contributed by atoms with van der Waals surface area (Å²) in [6, 6.07) is 34.7. The molecule has 7 rings (SSSR count). The van der Waals surface area contributed by atoms with Gasteiger partial charge in [-0.25, -0.2) is 8.42 Å². The van der Waals surface area contributed by atoms with Crippen LogP contribution in [-0.4, -0.2) is 38.1 Å². The van der Waals surface area contributed by atoms with Crippen molar-refractivity contribution in [1.82, 2.24) is 0 Å². The van der Waals surface area contributed by atoms with Gasteiger partial charge in [-0.3, -0.25) is 4.99 Å². The molecule has 1 fully saturated rings. The summed E-state index contributed by atoms with van der Waals surface area (Å²) in [7, 11) is -3.84. The maximum atomic E-state index is 14.5. The number of nitrogens with zero attached hydrogens (tertiary/aromatic N) is 1. The van der Waals surface area contributed by atoms with Gasteiger partial charge in [-0.15, -0.1) is 0 Å². The lowest BCUT2D eigenvalue weighted by Gasteiger charge is -2.50. The molecule has 190 valence electrons. The average molecular weight is 522 g/mol. The standard InChI is InChI=1S/C32H27NO4S/c1-22-16-18-25(19-17-22)38(34,35)28-20-33-29-26-14-8-9-15-27(26)37-32(29)30(23-10-4-2-5-11-23)36-21-31(28,32)24-12-6-3-7-13-24/h2-19,28,30H,20-21H2,1H3/t28-,30+,31+,32+/m1/s1. The topological polar surface area (TPSA) is 65.0 Å². The smallest absolute Gasteiger partial charge is 0.194 e. The number of ether oxygens (including phenoxy) is 2. The van der Waals surface area contributed by atoms with E-state index in [4.69, 9.17) is 14.5 Å². The Labute approximate surface area is 222 Å². The molecule has 4 aromatic carbocycles. The van der Waals surface area contributed by atoms with Crippen LogP contribution in [0.15, 0.2) is 119 Å². The van der Waals surface area contributed by atoms with Crippen LogP contribution in [-0.2, 0) is 20.0 Å². The number of hydrogen-bond donors (Lipinski definition) is 0. The molecular formula is C32H27NO4S. The van der Waals surface area contributed by atoms with Crippen LogP contribution in [0.25, 0.3) is 0 Å². The molecule has 3 heterocycles. The van der Waals surface area contributed by atoms with E-state index in [2.05, 4.69) is 0 Å². The van der Waals surface area contributed by atoms with Crippen LogP contribution in [0.3, 0.4) is 0 Å². The fraction of sp³-hybridized carbons (Fsp3) is 0.219. The quantitative estimate of drug-likeness (QED) is 0.357. The molecule has 0 amide bonds. The Kier molecular flexibility index (Phi) is 5.16. The second-order valence-corrected chi connectivity index (χ2v) is 12.4. The van der Waals surface area contributed by atoms with Gasteiger partial charge >= 0.3 is 0 Å². The monoisotopic (exact) mass is 521 g/mol. The van der Waals surface area contributed by atoms with Crippen LogP contribution < -0.4 is 4.74 Å². The molecule has 4 aromatic rings. The van der Waals surface area contributed by atoms with Gasteiger partial charge in [0.15, 0.2) is 15.4 Å². The summed E-state index contributed by atoms with van der Waals surface area (Å²) in [5.74, 6) is 0.700. The largest absolute Gasteiger partial charge is 0.476 e. The number of rotatable bonds is 4. The molecule has 3 aliphatic rings. The molecule has 0 aliphatic carbocycles. The van der Waals surface area contributed by atoms with E-state index >= 15 is 0 Å². The summed E-state index contributed by atoms with van der Waals surface area (Å²) in [5.41, 5.74) is 2.25. The summed E-state index contributed by atoms with van der Waals surface area (Å²) in [6.45, 7) is 2.25. The van der Waals surface area contributed by atoms with Crippen LogP contribution in [0, 0.1) is 6.92 Å². The van der Waals surface area contributed by atoms with Gasteiger partial charge in [-0.05, 0) is 42.3 Å². The Balaban J connectivity index is 1.54. The molecule has 6 heteroatoms. The lowest BCUT2D eigenvalue weighted by molar-refractivity contribution is 0.0158. The SMILES string of the molecule is Cc1ccc(S(=O)(=O)[C@@H]2CN=C3c4ccccc4O[C@]34[C@H](c3ccccc3)OC[C@]24c2ccccc2)cc1. The van der Waals surface area contributed by atoms with E-state index < -0.39 is 32.2 Å². The molecular weight excluding hydrogens is 494 g/mol. The Hall–Kier alpha value is -3.74. The molecule has 38 heavy (non-hydrogen) atoms. The number of aryl methyl sites for hydroxylation is 1. The zero-order valence-electron chi connectivity index (χ0n) is 20.9. The van der Waals surface area contributed by atoms with Crippen LogP contribution in [0.1, 0.15) is 28.4 Å². The number of sulfone groups is 1. The Morgan fingerprint density at radius 3 is 2.21 bits per heavy atom. The fourth-order valence-corrected chi connectivity index (χ4v) is 8.65. The minimum absolute atomic E-state index is 0.116. The van der Waals surface area contributed by atoms with Crippen molar-refractivity contribution in [2.45, 2.75) is 34.2 Å². The lowest BCUT2D eigenvalue weighted by atomic mass is 9.60. The van der Waals surface area contributed by atoms with Crippen LogP contribution in [0.2, 0.25) is 0 Å². The third-order valence-electron chi connectivity index (χ3n) is 8.35. The molecule has 1 saturated heterocycles. The molecule has 3 aliphatic heterocycles. The van der Waals surface area contributed by atoms with Gasteiger partial charge in [0, 0.05) is 5.56 Å². The molecule has 5 nitrogen and oxygen atoms in total. The summed E-state index contributed by atoms with van der Waals surface area (Å²) >= 11 is 0. The van der Waals surface area contributed by atoms with Gasteiger partial charge in [0.2, 0.25) is 0 Å². The predicted octanol–water partition coefficient (Wildman–Crippen LogP) is 5.48. The van der Waals surface area contributed by atoms with Crippen molar-refractivity contribution in [3.05, 3.63) is 131 Å². The average Bonchev–Trinajstić information content (AvgIpc) is 3.48. The normalized spacial score (nSPS) is 27.6.